The molecule has 0 N–H and O–H groups in total. The molecule has 0 amide bonds. The molecule has 11 heavy (non-hydrogen) atoms. The Morgan fingerprint density at radius 3 is 1.91 bits per heavy atom. The summed E-state index contributed by atoms with van der Waals surface area (Å²) in [5.41, 5.74) is 0. The highest BCUT2D eigenvalue weighted by Crippen LogP contribution is 2.41. The first-order chi connectivity index (χ1) is 4.96. The molecule has 0 radical (unpaired) electrons. The van der Waals surface area contributed by atoms with Gasteiger partial charge in [0.25, 0.3) is 4.61 Å². The van der Waals surface area contributed by atoms with Crippen LogP contribution in [-0.2, 0) is 4.57 Å². The van der Waals surface area contributed by atoms with Gasteiger partial charge >= 0.3 is 7.80 Å². The summed E-state index contributed by atoms with van der Waals surface area (Å²) >= 11 is 4.38. The SMILES string of the molecule is CCN(CC)C(C)(S)[P+](C)=O. The molecule has 4 heteroatoms. The van der Waals surface area contributed by atoms with Crippen LogP contribution in [0.15, 0.2) is 0 Å². The van der Waals surface area contributed by atoms with E-state index in [0.717, 1.165) is 13.1 Å². The molecule has 0 rings (SSSR count). The molecule has 2 unspecified atom stereocenters. The maximum Gasteiger partial charge on any atom is 0.368 e. The third kappa shape index (κ3) is 2.73. The maximum atomic E-state index is 11.3. The molecule has 66 valence electrons. The smallest absolute Gasteiger partial charge is 0.250 e. The number of hydrogen-bond donors (Lipinski definition) is 1. The van der Waals surface area contributed by atoms with Crippen LogP contribution in [0.25, 0.3) is 0 Å². The lowest BCUT2D eigenvalue weighted by atomic mass is 10.5. The average molecular weight is 194 g/mol. The van der Waals surface area contributed by atoms with Gasteiger partial charge in [0.15, 0.2) is 0 Å². The van der Waals surface area contributed by atoms with Gasteiger partial charge in [-0.2, -0.15) is 0 Å². The monoisotopic (exact) mass is 194 g/mol. The van der Waals surface area contributed by atoms with Gasteiger partial charge in [-0.05, 0) is 0 Å². The Kier molecular flexibility index (Phi) is 4.60. The molecular weight excluding hydrogens is 177 g/mol. The number of hydrogen-bond acceptors (Lipinski definition) is 3. The normalized spacial score (nSPS) is 18.2. The Morgan fingerprint density at radius 1 is 1.45 bits per heavy atom. The van der Waals surface area contributed by atoms with Gasteiger partial charge in [-0.3, -0.25) is 0 Å². The number of rotatable bonds is 4. The molecule has 0 fully saturated rings. The van der Waals surface area contributed by atoms with Crippen molar-refractivity contribution >= 4 is 20.4 Å². The Hall–Kier alpha value is 0.410. The highest BCUT2D eigenvalue weighted by atomic mass is 32.1. The van der Waals surface area contributed by atoms with Crippen LogP contribution in [-0.4, -0.2) is 29.3 Å². The second-order valence-electron chi connectivity index (χ2n) is 2.64. The van der Waals surface area contributed by atoms with E-state index in [9.17, 15) is 4.57 Å². The molecule has 2 atom stereocenters. The summed E-state index contributed by atoms with van der Waals surface area (Å²) in [6.45, 7) is 9.52. The van der Waals surface area contributed by atoms with Gasteiger partial charge in [0.1, 0.15) is 6.66 Å². The van der Waals surface area contributed by atoms with Crippen molar-refractivity contribution in [3.05, 3.63) is 0 Å². The summed E-state index contributed by atoms with van der Waals surface area (Å²) in [5.74, 6) is 0. The van der Waals surface area contributed by atoms with Crippen LogP contribution in [0.4, 0.5) is 0 Å². The molecule has 0 aliphatic rings. The lowest BCUT2D eigenvalue weighted by Gasteiger charge is -2.26. The van der Waals surface area contributed by atoms with Crippen LogP contribution >= 0.6 is 20.4 Å². The summed E-state index contributed by atoms with van der Waals surface area (Å²) in [6.07, 6.45) is 0. The fraction of sp³-hybridized carbons (Fsp3) is 1.00. The van der Waals surface area contributed by atoms with Crippen LogP contribution in [0.2, 0.25) is 0 Å². The molecule has 0 heterocycles. The summed E-state index contributed by atoms with van der Waals surface area (Å²) < 4.78 is 10.8. The minimum atomic E-state index is -1.25. The van der Waals surface area contributed by atoms with E-state index in [2.05, 4.69) is 31.4 Å². The van der Waals surface area contributed by atoms with Crippen molar-refractivity contribution < 1.29 is 4.57 Å². The first-order valence-electron chi connectivity index (χ1n) is 3.85. The average Bonchev–Trinajstić information content (AvgIpc) is 1.89. The van der Waals surface area contributed by atoms with E-state index in [1.165, 1.54) is 0 Å². The van der Waals surface area contributed by atoms with Crippen LogP contribution < -0.4 is 0 Å². The van der Waals surface area contributed by atoms with E-state index in [0.29, 0.717) is 0 Å². The largest absolute Gasteiger partial charge is 0.368 e. The second kappa shape index (κ2) is 4.44. The fourth-order valence-electron chi connectivity index (χ4n) is 1.02. The van der Waals surface area contributed by atoms with Gasteiger partial charge in [-0.25, -0.2) is 4.90 Å². The van der Waals surface area contributed by atoms with Crippen molar-refractivity contribution in [2.75, 3.05) is 19.8 Å². The Labute approximate surface area is 75.5 Å². The summed E-state index contributed by atoms with van der Waals surface area (Å²) in [4.78, 5) is 2.09. The van der Waals surface area contributed by atoms with E-state index in [4.69, 9.17) is 0 Å². The zero-order valence-corrected chi connectivity index (χ0v) is 9.45. The Balaban J connectivity index is 4.36. The van der Waals surface area contributed by atoms with Crippen molar-refractivity contribution in [2.45, 2.75) is 25.4 Å². The highest BCUT2D eigenvalue weighted by molar-refractivity contribution is 7.89. The highest BCUT2D eigenvalue weighted by Gasteiger charge is 2.41. The molecule has 0 bridgehead atoms. The van der Waals surface area contributed by atoms with Gasteiger partial charge in [0, 0.05) is 20.0 Å². The predicted molar refractivity (Wildman–Crippen MR) is 53.8 cm³/mol. The summed E-state index contributed by atoms with van der Waals surface area (Å²) in [6, 6.07) is 0. The van der Waals surface area contributed by atoms with Crippen LogP contribution in [0.5, 0.6) is 0 Å². The van der Waals surface area contributed by atoms with Crippen molar-refractivity contribution in [1.29, 1.82) is 0 Å². The van der Waals surface area contributed by atoms with Gasteiger partial charge in [-0.1, -0.05) is 18.4 Å². The topological polar surface area (TPSA) is 20.3 Å². The van der Waals surface area contributed by atoms with Gasteiger partial charge in [0.05, 0.1) is 0 Å². The van der Waals surface area contributed by atoms with Gasteiger partial charge in [-0.15, -0.1) is 12.6 Å². The zero-order valence-electron chi connectivity index (χ0n) is 7.66. The summed E-state index contributed by atoms with van der Waals surface area (Å²) in [5, 5.41) is 0. The summed E-state index contributed by atoms with van der Waals surface area (Å²) in [7, 11) is -1.25. The molecule has 0 aliphatic heterocycles. The van der Waals surface area contributed by atoms with Crippen molar-refractivity contribution in [3.63, 3.8) is 0 Å². The van der Waals surface area contributed by atoms with E-state index < -0.39 is 12.4 Å². The number of nitrogens with zero attached hydrogens (tertiary/aromatic N) is 1. The van der Waals surface area contributed by atoms with Gasteiger partial charge in [0.2, 0.25) is 0 Å². The zero-order chi connectivity index (χ0) is 9.07. The molecule has 0 aromatic carbocycles. The Morgan fingerprint density at radius 2 is 1.82 bits per heavy atom. The predicted octanol–water partition coefficient (Wildman–Crippen LogP) is 2.39. The van der Waals surface area contributed by atoms with Crippen molar-refractivity contribution in [2.24, 2.45) is 0 Å². The fourth-order valence-corrected chi connectivity index (χ4v) is 1.99. The van der Waals surface area contributed by atoms with Crippen molar-refractivity contribution in [1.82, 2.24) is 4.90 Å². The third-order valence-corrected chi connectivity index (χ3v) is 4.56. The lowest BCUT2D eigenvalue weighted by molar-refractivity contribution is 0.266. The molecule has 2 nitrogen and oxygen atoms in total. The first-order valence-corrected chi connectivity index (χ1v) is 6.00. The minimum Gasteiger partial charge on any atom is -0.250 e. The molecule has 0 aromatic rings. The Bertz CT molecular complexity index is 145. The van der Waals surface area contributed by atoms with Crippen molar-refractivity contribution in [3.8, 4) is 0 Å². The molecule has 0 spiro atoms. The minimum absolute atomic E-state index is 0.446. The van der Waals surface area contributed by atoms with Crippen LogP contribution in [0, 0.1) is 0 Å². The molecule has 0 saturated carbocycles. The van der Waals surface area contributed by atoms with E-state index in [1.54, 1.807) is 6.66 Å². The first kappa shape index (κ1) is 11.4. The van der Waals surface area contributed by atoms with Crippen LogP contribution in [0.3, 0.4) is 0 Å². The quantitative estimate of drug-likeness (QED) is 0.421. The number of thiol groups is 1. The molecule has 0 aliphatic carbocycles. The molecular formula is C7H17NOPS+. The van der Waals surface area contributed by atoms with E-state index in [1.807, 2.05) is 6.92 Å². The van der Waals surface area contributed by atoms with Crippen LogP contribution in [0.1, 0.15) is 20.8 Å². The standard InChI is InChI=1S/C7H16NOPS/c1-5-8(6-2)7(3,11)10(4)9/h5-6H2,1-4H3/p+1. The lowest BCUT2D eigenvalue weighted by Crippen LogP contribution is -2.38. The molecule has 0 aromatic heterocycles. The second-order valence-corrected chi connectivity index (χ2v) is 5.73. The van der Waals surface area contributed by atoms with E-state index >= 15 is 0 Å². The van der Waals surface area contributed by atoms with Gasteiger partial charge < -0.3 is 0 Å². The molecule has 0 saturated heterocycles. The maximum absolute atomic E-state index is 11.3. The third-order valence-electron chi connectivity index (χ3n) is 1.96. The van der Waals surface area contributed by atoms with E-state index in [-0.39, 0.29) is 0 Å².